The van der Waals surface area contributed by atoms with Gasteiger partial charge in [-0.2, -0.15) is 0 Å². The Labute approximate surface area is 96.7 Å². The monoisotopic (exact) mass is 269 g/mol. The van der Waals surface area contributed by atoms with Crippen molar-refractivity contribution < 1.29 is 9.53 Å². The number of carbonyl (C=O) groups is 1. The SMILES string of the molecule is Nc1ccc(Br)cc1C(=O)C1CCOC1. The summed E-state index contributed by atoms with van der Waals surface area (Å²) in [7, 11) is 0. The Morgan fingerprint density at radius 2 is 2.33 bits per heavy atom. The van der Waals surface area contributed by atoms with Gasteiger partial charge in [-0.1, -0.05) is 15.9 Å². The number of ketones is 1. The van der Waals surface area contributed by atoms with Gasteiger partial charge in [0.2, 0.25) is 0 Å². The Bertz CT molecular complexity index is 386. The standard InChI is InChI=1S/C11H12BrNO2/c12-8-1-2-10(13)9(5-8)11(14)7-3-4-15-6-7/h1-2,5,7H,3-4,6,13H2. The number of rotatable bonds is 2. The zero-order chi connectivity index (χ0) is 10.8. The van der Waals surface area contributed by atoms with Crippen LogP contribution in [0.1, 0.15) is 16.8 Å². The molecule has 15 heavy (non-hydrogen) atoms. The molecule has 1 aliphatic heterocycles. The summed E-state index contributed by atoms with van der Waals surface area (Å²) < 4.78 is 6.07. The van der Waals surface area contributed by atoms with Gasteiger partial charge in [0.1, 0.15) is 0 Å². The number of Topliss-reactive ketones (excluding diaryl/α,β-unsaturated/α-hetero) is 1. The molecule has 4 heteroatoms. The van der Waals surface area contributed by atoms with Gasteiger partial charge in [0.15, 0.2) is 5.78 Å². The summed E-state index contributed by atoms with van der Waals surface area (Å²) in [6.45, 7) is 1.19. The van der Waals surface area contributed by atoms with E-state index in [1.807, 2.05) is 6.07 Å². The van der Waals surface area contributed by atoms with E-state index in [-0.39, 0.29) is 11.7 Å². The van der Waals surface area contributed by atoms with E-state index in [0.29, 0.717) is 24.5 Å². The fourth-order valence-electron chi connectivity index (χ4n) is 1.70. The van der Waals surface area contributed by atoms with Crippen molar-refractivity contribution in [1.29, 1.82) is 0 Å². The number of benzene rings is 1. The highest BCUT2D eigenvalue weighted by molar-refractivity contribution is 9.10. The molecule has 0 radical (unpaired) electrons. The van der Waals surface area contributed by atoms with Crippen LogP contribution in [-0.2, 0) is 4.74 Å². The molecule has 1 heterocycles. The maximum absolute atomic E-state index is 12.0. The Balaban J connectivity index is 2.27. The van der Waals surface area contributed by atoms with E-state index in [4.69, 9.17) is 10.5 Å². The number of anilines is 1. The maximum Gasteiger partial charge on any atom is 0.170 e. The molecule has 0 aromatic heterocycles. The molecule has 1 aliphatic rings. The van der Waals surface area contributed by atoms with Crippen molar-refractivity contribution in [2.45, 2.75) is 6.42 Å². The van der Waals surface area contributed by atoms with E-state index in [2.05, 4.69) is 15.9 Å². The molecule has 0 spiro atoms. The number of hydrogen-bond acceptors (Lipinski definition) is 3. The van der Waals surface area contributed by atoms with E-state index in [9.17, 15) is 4.79 Å². The van der Waals surface area contributed by atoms with Gasteiger partial charge in [0.05, 0.1) is 6.61 Å². The molecule has 0 amide bonds. The lowest BCUT2D eigenvalue weighted by Gasteiger charge is -2.09. The highest BCUT2D eigenvalue weighted by Crippen LogP contribution is 2.24. The molecule has 1 aromatic carbocycles. The molecule has 1 unspecified atom stereocenters. The highest BCUT2D eigenvalue weighted by atomic mass is 79.9. The summed E-state index contributed by atoms with van der Waals surface area (Å²) in [5, 5.41) is 0. The second-order valence-corrected chi connectivity index (χ2v) is 4.57. The van der Waals surface area contributed by atoms with Crippen molar-refractivity contribution in [3.8, 4) is 0 Å². The first-order valence-electron chi connectivity index (χ1n) is 4.85. The molecular formula is C11H12BrNO2. The van der Waals surface area contributed by atoms with Gasteiger partial charge in [0, 0.05) is 28.2 Å². The van der Waals surface area contributed by atoms with Crippen LogP contribution >= 0.6 is 15.9 Å². The summed E-state index contributed by atoms with van der Waals surface area (Å²) in [4.78, 5) is 12.0. The van der Waals surface area contributed by atoms with Crippen LogP contribution in [0.15, 0.2) is 22.7 Å². The number of nitrogens with two attached hydrogens (primary N) is 1. The predicted octanol–water partition coefficient (Wildman–Crippen LogP) is 2.25. The van der Waals surface area contributed by atoms with Gasteiger partial charge < -0.3 is 10.5 Å². The number of carbonyl (C=O) groups excluding carboxylic acids is 1. The molecular weight excluding hydrogens is 258 g/mol. The van der Waals surface area contributed by atoms with Gasteiger partial charge in [0.25, 0.3) is 0 Å². The van der Waals surface area contributed by atoms with Crippen molar-refractivity contribution in [2.24, 2.45) is 5.92 Å². The lowest BCUT2D eigenvalue weighted by atomic mass is 9.96. The van der Waals surface area contributed by atoms with E-state index in [1.165, 1.54) is 0 Å². The summed E-state index contributed by atoms with van der Waals surface area (Å²) >= 11 is 3.33. The van der Waals surface area contributed by atoms with Crippen molar-refractivity contribution in [3.05, 3.63) is 28.2 Å². The van der Waals surface area contributed by atoms with Crippen LogP contribution in [-0.4, -0.2) is 19.0 Å². The molecule has 1 saturated heterocycles. The molecule has 0 saturated carbocycles. The first kappa shape index (κ1) is 10.6. The normalized spacial score (nSPS) is 20.5. The first-order chi connectivity index (χ1) is 7.18. The number of ether oxygens (including phenoxy) is 1. The molecule has 3 nitrogen and oxygen atoms in total. The topological polar surface area (TPSA) is 52.3 Å². The molecule has 1 fully saturated rings. The Morgan fingerprint density at radius 3 is 3.00 bits per heavy atom. The zero-order valence-electron chi connectivity index (χ0n) is 8.20. The molecule has 2 N–H and O–H groups in total. The third-order valence-corrected chi connectivity index (χ3v) is 3.07. The minimum absolute atomic E-state index is 0.0263. The Morgan fingerprint density at radius 1 is 1.53 bits per heavy atom. The predicted molar refractivity (Wildman–Crippen MR) is 61.8 cm³/mol. The second kappa shape index (κ2) is 4.33. The van der Waals surface area contributed by atoms with E-state index in [1.54, 1.807) is 12.1 Å². The van der Waals surface area contributed by atoms with Crippen LogP contribution in [0.25, 0.3) is 0 Å². The molecule has 1 atom stereocenters. The third kappa shape index (κ3) is 2.21. The lowest BCUT2D eigenvalue weighted by molar-refractivity contribution is 0.0901. The fraction of sp³-hybridized carbons (Fsp3) is 0.364. The summed E-state index contributed by atoms with van der Waals surface area (Å²) in [5.74, 6) is 0.0629. The Kier molecular flexibility index (Phi) is 3.07. The van der Waals surface area contributed by atoms with Gasteiger partial charge in [-0.25, -0.2) is 0 Å². The maximum atomic E-state index is 12.0. The molecule has 1 aromatic rings. The first-order valence-corrected chi connectivity index (χ1v) is 5.65. The van der Waals surface area contributed by atoms with Crippen molar-refractivity contribution in [3.63, 3.8) is 0 Å². The van der Waals surface area contributed by atoms with E-state index < -0.39 is 0 Å². The number of halogens is 1. The van der Waals surface area contributed by atoms with Crippen LogP contribution in [0.5, 0.6) is 0 Å². The van der Waals surface area contributed by atoms with E-state index in [0.717, 1.165) is 10.9 Å². The molecule has 80 valence electrons. The number of nitrogen functional groups attached to an aromatic ring is 1. The summed E-state index contributed by atoms with van der Waals surface area (Å²) in [5.41, 5.74) is 6.91. The van der Waals surface area contributed by atoms with Gasteiger partial charge >= 0.3 is 0 Å². The zero-order valence-corrected chi connectivity index (χ0v) is 9.79. The van der Waals surface area contributed by atoms with Gasteiger partial charge in [-0.3, -0.25) is 4.79 Å². The van der Waals surface area contributed by atoms with Crippen LogP contribution in [0.3, 0.4) is 0 Å². The van der Waals surface area contributed by atoms with Crippen LogP contribution < -0.4 is 5.73 Å². The molecule has 0 bridgehead atoms. The highest BCUT2D eigenvalue weighted by Gasteiger charge is 2.25. The van der Waals surface area contributed by atoms with Crippen LogP contribution in [0.2, 0.25) is 0 Å². The quantitative estimate of drug-likeness (QED) is 0.662. The minimum atomic E-state index is -0.0263. The van der Waals surface area contributed by atoms with Crippen molar-refractivity contribution in [1.82, 2.24) is 0 Å². The number of hydrogen-bond donors (Lipinski definition) is 1. The van der Waals surface area contributed by atoms with E-state index >= 15 is 0 Å². The average molecular weight is 270 g/mol. The fourth-order valence-corrected chi connectivity index (χ4v) is 2.06. The lowest BCUT2D eigenvalue weighted by Crippen LogP contribution is -2.16. The summed E-state index contributed by atoms with van der Waals surface area (Å²) in [6.07, 6.45) is 0.796. The summed E-state index contributed by atoms with van der Waals surface area (Å²) in [6, 6.07) is 5.35. The van der Waals surface area contributed by atoms with Crippen molar-refractivity contribution in [2.75, 3.05) is 18.9 Å². The second-order valence-electron chi connectivity index (χ2n) is 3.66. The third-order valence-electron chi connectivity index (χ3n) is 2.58. The van der Waals surface area contributed by atoms with Crippen LogP contribution in [0, 0.1) is 5.92 Å². The van der Waals surface area contributed by atoms with Gasteiger partial charge in [-0.05, 0) is 24.6 Å². The van der Waals surface area contributed by atoms with Crippen LogP contribution in [0.4, 0.5) is 5.69 Å². The molecule has 0 aliphatic carbocycles. The van der Waals surface area contributed by atoms with Gasteiger partial charge in [-0.15, -0.1) is 0 Å². The minimum Gasteiger partial charge on any atom is -0.398 e. The average Bonchev–Trinajstić information content (AvgIpc) is 2.74. The largest absolute Gasteiger partial charge is 0.398 e. The molecule has 2 rings (SSSR count). The Hall–Kier alpha value is -0.870. The smallest absolute Gasteiger partial charge is 0.170 e. The van der Waals surface area contributed by atoms with Crippen molar-refractivity contribution >= 4 is 27.4 Å².